The van der Waals surface area contributed by atoms with Crippen LogP contribution in [-0.4, -0.2) is 17.0 Å². The molecule has 2 atom stereocenters. The van der Waals surface area contributed by atoms with E-state index in [-0.39, 0.29) is 11.7 Å². The summed E-state index contributed by atoms with van der Waals surface area (Å²) < 4.78 is 18.7. The van der Waals surface area contributed by atoms with Crippen molar-refractivity contribution in [3.8, 4) is 5.75 Å². The van der Waals surface area contributed by atoms with E-state index < -0.39 is 17.8 Å². The first-order valence-corrected chi connectivity index (χ1v) is 9.49. The molecule has 148 valence electrons. The molecule has 2 aromatic rings. The van der Waals surface area contributed by atoms with Crippen LogP contribution < -0.4 is 10.1 Å². The predicted molar refractivity (Wildman–Crippen MR) is 102 cm³/mol. The molecule has 1 amide bonds. The number of carboxylic acid groups (broad SMARTS) is 1. The van der Waals surface area contributed by atoms with E-state index in [1.807, 2.05) is 24.3 Å². The topological polar surface area (TPSA) is 75.6 Å². The summed E-state index contributed by atoms with van der Waals surface area (Å²) >= 11 is 0. The van der Waals surface area contributed by atoms with Crippen LogP contribution in [0.5, 0.6) is 5.75 Å². The number of carboxylic acids is 1. The van der Waals surface area contributed by atoms with Gasteiger partial charge in [-0.2, -0.15) is 0 Å². The fourth-order valence-corrected chi connectivity index (χ4v) is 3.55. The van der Waals surface area contributed by atoms with Gasteiger partial charge in [0.2, 0.25) is 5.91 Å². The second kappa shape index (κ2) is 9.35. The van der Waals surface area contributed by atoms with Crippen molar-refractivity contribution in [3.05, 3.63) is 65.5 Å². The van der Waals surface area contributed by atoms with E-state index in [2.05, 4.69) is 5.32 Å². The van der Waals surface area contributed by atoms with Crippen LogP contribution >= 0.6 is 0 Å². The number of hydrogen-bond donors (Lipinski definition) is 2. The summed E-state index contributed by atoms with van der Waals surface area (Å²) in [5.41, 5.74) is 1.73. The van der Waals surface area contributed by atoms with Gasteiger partial charge in [0.15, 0.2) is 0 Å². The Bertz CT molecular complexity index is 822. The minimum atomic E-state index is -0.893. The zero-order valence-corrected chi connectivity index (χ0v) is 15.6. The second-order valence-corrected chi connectivity index (χ2v) is 7.12. The van der Waals surface area contributed by atoms with E-state index in [1.54, 1.807) is 12.1 Å². The van der Waals surface area contributed by atoms with Gasteiger partial charge < -0.3 is 15.2 Å². The summed E-state index contributed by atoms with van der Waals surface area (Å²) in [5.74, 6) is -1.80. The number of carbonyl (C=O) groups is 2. The minimum absolute atomic E-state index is 0.204. The van der Waals surface area contributed by atoms with Gasteiger partial charge in [-0.1, -0.05) is 37.1 Å². The number of rotatable bonds is 7. The molecule has 6 heteroatoms. The average molecular weight is 385 g/mol. The molecule has 1 saturated carbocycles. The number of benzene rings is 2. The van der Waals surface area contributed by atoms with E-state index in [4.69, 9.17) is 4.74 Å². The van der Waals surface area contributed by atoms with Crippen LogP contribution in [0.15, 0.2) is 48.5 Å². The van der Waals surface area contributed by atoms with E-state index in [0.717, 1.165) is 24.0 Å². The predicted octanol–water partition coefficient (Wildman–Crippen LogP) is 3.91. The van der Waals surface area contributed by atoms with Crippen LogP contribution in [0.4, 0.5) is 4.39 Å². The molecule has 0 spiro atoms. The largest absolute Gasteiger partial charge is 0.489 e. The lowest BCUT2D eigenvalue weighted by atomic mass is 9.78. The van der Waals surface area contributed by atoms with Crippen molar-refractivity contribution in [3.63, 3.8) is 0 Å². The number of nitrogens with one attached hydrogen (secondary N) is 1. The van der Waals surface area contributed by atoms with E-state index >= 15 is 0 Å². The van der Waals surface area contributed by atoms with Crippen LogP contribution in [0.2, 0.25) is 0 Å². The fourth-order valence-electron chi connectivity index (χ4n) is 3.55. The zero-order chi connectivity index (χ0) is 19.9. The van der Waals surface area contributed by atoms with Gasteiger partial charge >= 0.3 is 5.97 Å². The SMILES string of the molecule is O=C(O)C1CCCCC1C(=O)NCc1cccc(OCc2ccc(F)cc2)c1. The van der Waals surface area contributed by atoms with Gasteiger partial charge in [0, 0.05) is 6.54 Å². The Hall–Kier alpha value is -2.89. The number of amides is 1. The maximum atomic E-state index is 12.9. The fraction of sp³-hybridized carbons (Fsp3) is 0.364. The molecule has 2 N–H and O–H groups in total. The molecular weight excluding hydrogens is 361 g/mol. The van der Waals surface area contributed by atoms with Crippen LogP contribution in [0.3, 0.4) is 0 Å². The summed E-state index contributed by atoms with van der Waals surface area (Å²) in [4.78, 5) is 23.9. The monoisotopic (exact) mass is 385 g/mol. The first-order valence-electron chi connectivity index (χ1n) is 9.49. The first-order chi connectivity index (χ1) is 13.5. The number of aliphatic carboxylic acids is 1. The third-order valence-electron chi connectivity index (χ3n) is 5.10. The van der Waals surface area contributed by atoms with Crippen molar-refractivity contribution in [2.24, 2.45) is 11.8 Å². The van der Waals surface area contributed by atoms with Crippen molar-refractivity contribution in [1.29, 1.82) is 0 Å². The Morgan fingerprint density at radius 2 is 1.75 bits per heavy atom. The summed E-state index contributed by atoms with van der Waals surface area (Å²) in [7, 11) is 0. The summed E-state index contributed by atoms with van der Waals surface area (Å²) in [5, 5.41) is 12.2. The van der Waals surface area contributed by atoms with Crippen molar-refractivity contribution >= 4 is 11.9 Å². The Balaban J connectivity index is 1.54. The van der Waals surface area contributed by atoms with Crippen molar-refractivity contribution in [2.45, 2.75) is 38.8 Å². The van der Waals surface area contributed by atoms with Crippen LogP contribution in [0.1, 0.15) is 36.8 Å². The third-order valence-corrected chi connectivity index (χ3v) is 5.10. The minimum Gasteiger partial charge on any atom is -0.489 e. The van der Waals surface area contributed by atoms with Gasteiger partial charge in [-0.25, -0.2) is 4.39 Å². The average Bonchev–Trinajstić information content (AvgIpc) is 2.72. The number of halogens is 1. The van der Waals surface area contributed by atoms with Crippen LogP contribution in [0, 0.1) is 17.7 Å². The number of carbonyl (C=O) groups excluding carboxylic acids is 1. The van der Waals surface area contributed by atoms with Gasteiger partial charge in [0.05, 0.1) is 11.8 Å². The van der Waals surface area contributed by atoms with Gasteiger partial charge in [-0.15, -0.1) is 0 Å². The first kappa shape index (κ1) is 19.9. The lowest BCUT2D eigenvalue weighted by molar-refractivity contribution is -0.148. The molecule has 0 aromatic heterocycles. The van der Waals surface area contributed by atoms with Crippen molar-refractivity contribution < 1.29 is 23.8 Å². The molecular formula is C22H24FNO4. The summed E-state index contributed by atoms with van der Waals surface area (Å²) in [6.07, 6.45) is 2.91. The lowest BCUT2D eigenvalue weighted by Crippen LogP contribution is -2.39. The standard InChI is InChI=1S/C22H24FNO4/c23-17-10-8-15(9-11-17)14-28-18-5-3-4-16(12-18)13-24-21(25)19-6-1-2-7-20(19)22(26)27/h3-5,8-12,19-20H,1-2,6-7,13-14H2,(H,24,25)(H,26,27). The molecule has 3 rings (SSSR count). The lowest BCUT2D eigenvalue weighted by Gasteiger charge is -2.27. The van der Waals surface area contributed by atoms with Gasteiger partial charge in [0.25, 0.3) is 0 Å². The Labute approximate surface area is 163 Å². The van der Waals surface area contributed by atoms with Gasteiger partial charge in [-0.05, 0) is 48.2 Å². The third kappa shape index (κ3) is 5.31. The molecule has 1 aliphatic carbocycles. The molecule has 0 bridgehead atoms. The smallest absolute Gasteiger partial charge is 0.307 e. The Kier molecular flexibility index (Phi) is 6.63. The zero-order valence-electron chi connectivity index (χ0n) is 15.6. The van der Waals surface area contributed by atoms with Crippen LogP contribution in [0.25, 0.3) is 0 Å². The maximum Gasteiger partial charge on any atom is 0.307 e. The normalized spacial score (nSPS) is 19.0. The Morgan fingerprint density at radius 3 is 2.46 bits per heavy atom. The maximum absolute atomic E-state index is 12.9. The highest BCUT2D eigenvalue weighted by atomic mass is 19.1. The molecule has 0 aliphatic heterocycles. The molecule has 2 unspecified atom stereocenters. The van der Waals surface area contributed by atoms with Crippen molar-refractivity contribution in [1.82, 2.24) is 5.32 Å². The molecule has 0 saturated heterocycles. The van der Waals surface area contributed by atoms with Crippen LogP contribution in [-0.2, 0) is 22.7 Å². The second-order valence-electron chi connectivity index (χ2n) is 7.12. The van der Waals surface area contributed by atoms with Gasteiger partial charge in [0.1, 0.15) is 18.2 Å². The summed E-state index contributed by atoms with van der Waals surface area (Å²) in [6.45, 7) is 0.633. The molecule has 28 heavy (non-hydrogen) atoms. The highest BCUT2D eigenvalue weighted by Crippen LogP contribution is 2.30. The van der Waals surface area contributed by atoms with Crippen molar-refractivity contribution in [2.75, 3.05) is 0 Å². The van der Waals surface area contributed by atoms with E-state index in [0.29, 0.717) is 31.7 Å². The summed E-state index contributed by atoms with van der Waals surface area (Å²) in [6, 6.07) is 13.5. The molecule has 0 heterocycles. The molecule has 1 fully saturated rings. The molecule has 2 aromatic carbocycles. The highest BCUT2D eigenvalue weighted by Gasteiger charge is 2.35. The van der Waals surface area contributed by atoms with Gasteiger partial charge in [-0.3, -0.25) is 9.59 Å². The Morgan fingerprint density at radius 1 is 1.04 bits per heavy atom. The molecule has 0 radical (unpaired) electrons. The number of hydrogen-bond acceptors (Lipinski definition) is 3. The molecule has 5 nitrogen and oxygen atoms in total. The number of ether oxygens (including phenoxy) is 1. The van der Waals surface area contributed by atoms with E-state index in [9.17, 15) is 19.1 Å². The van der Waals surface area contributed by atoms with E-state index in [1.165, 1.54) is 12.1 Å². The molecule has 1 aliphatic rings. The quantitative estimate of drug-likeness (QED) is 0.758. The highest BCUT2D eigenvalue weighted by molar-refractivity contribution is 5.84.